The molecule has 104 valence electrons. The summed E-state index contributed by atoms with van der Waals surface area (Å²) in [7, 11) is 0. The first-order valence-corrected chi connectivity index (χ1v) is 7.54. The van der Waals surface area contributed by atoms with E-state index in [0.29, 0.717) is 18.4 Å². The average Bonchev–Trinajstić information content (AvgIpc) is 3.10. The first kappa shape index (κ1) is 12.9. The number of rotatable bonds is 4. The highest BCUT2D eigenvalue weighted by Crippen LogP contribution is 2.33. The topological polar surface area (TPSA) is 49.2 Å². The largest absolute Gasteiger partial charge is 0.396 e. The number of aliphatic hydroxyl groups excluding tert-OH is 1. The second kappa shape index (κ2) is 5.87. The number of hydrogen-bond acceptors (Lipinski definition) is 4. The van der Waals surface area contributed by atoms with Gasteiger partial charge in [-0.15, -0.1) is 0 Å². The van der Waals surface area contributed by atoms with Crippen LogP contribution < -0.4 is 4.90 Å². The first-order chi connectivity index (χ1) is 9.36. The average molecular weight is 261 g/mol. The third-order valence-corrected chi connectivity index (χ3v) is 4.59. The van der Waals surface area contributed by atoms with E-state index in [1.807, 2.05) is 12.4 Å². The molecule has 0 amide bonds. The molecule has 0 spiro atoms. The van der Waals surface area contributed by atoms with Crippen LogP contribution in [0.2, 0.25) is 0 Å². The molecule has 19 heavy (non-hydrogen) atoms. The highest BCUT2D eigenvalue weighted by Gasteiger charge is 2.24. The third-order valence-electron chi connectivity index (χ3n) is 4.59. The molecule has 1 aliphatic carbocycles. The summed E-state index contributed by atoms with van der Waals surface area (Å²) in [5.74, 6) is 2.15. The number of aliphatic hydroxyl groups is 1. The van der Waals surface area contributed by atoms with Crippen LogP contribution in [0.1, 0.15) is 50.0 Å². The van der Waals surface area contributed by atoms with Crippen molar-refractivity contribution in [1.29, 1.82) is 0 Å². The molecule has 3 rings (SSSR count). The number of aromatic nitrogens is 2. The van der Waals surface area contributed by atoms with Crippen LogP contribution in [0.4, 0.5) is 5.95 Å². The first-order valence-electron chi connectivity index (χ1n) is 7.54. The quantitative estimate of drug-likeness (QED) is 0.904. The minimum Gasteiger partial charge on any atom is -0.396 e. The molecule has 0 aromatic carbocycles. The van der Waals surface area contributed by atoms with Crippen molar-refractivity contribution in [3.05, 3.63) is 18.0 Å². The molecule has 1 aromatic heterocycles. The molecule has 2 aliphatic rings. The maximum absolute atomic E-state index is 8.99. The fourth-order valence-corrected chi connectivity index (χ4v) is 3.40. The smallest absolute Gasteiger partial charge is 0.225 e. The van der Waals surface area contributed by atoms with Crippen molar-refractivity contribution >= 4 is 5.95 Å². The van der Waals surface area contributed by atoms with Crippen LogP contribution in [0.5, 0.6) is 0 Å². The SMILES string of the molecule is OCCC1CCN(c2ncc(C3CCCC3)cn2)C1. The predicted octanol–water partition coefficient (Wildman–Crippen LogP) is 2.34. The Bertz CT molecular complexity index is 400. The van der Waals surface area contributed by atoms with Gasteiger partial charge in [0, 0.05) is 32.1 Å². The second-order valence-corrected chi connectivity index (χ2v) is 5.91. The van der Waals surface area contributed by atoms with Gasteiger partial charge < -0.3 is 10.0 Å². The van der Waals surface area contributed by atoms with Gasteiger partial charge in [-0.05, 0) is 43.1 Å². The highest BCUT2D eigenvalue weighted by molar-refractivity contribution is 5.32. The van der Waals surface area contributed by atoms with Gasteiger partial charge in [0.1, 0.15) is 0 Å². The summed E-state index contributed by atoms with van der Waals surface area (Å²) in [5.41, 5.74) is 1.31. The van der Waals surface area contributed by atoms with Crippen molar-refractivity contribution in [2.45, 2.75) is 44.4 Å². The van der Waals surface area contributed by atoms with Gasteiger partial charge in [0.2, 0.25) is 5.95 Å². The monoisotopic (exact) mass is 261 g/mol. The molecular weight excluding hydrogens is 238 g/mol. The molecule has 0 bridgehead atoms. The Kier molecular flexibility index (Phi) is 3.97. The van der Waals surface area contributed by atoms with E-state index in [9.17, 15) is 0 Å². The Morgan fingerprint density at radius 2 is 1.89 bits per heavy atom. The van der Waals surface area contributed by atoms with Crippen molar-refractivity contribution in [2.75, 3.05) is 24.6 Å². The fraction of sp³-hybridized carbons (Fsp3) is 0.733. The van der Waals surface area contributed by atoms with Crippen LogP contribution in [-0.4, -0.2) is 34.8 Å². The molecule has 1 aliphatic heterocycles. The Balaban J connectivity index is 1.62. The van der Waals surface area contributed by atoms with Gasteiger partial charge in [-0.2, -0.15) is 0 Å². The molecule has 1 N–H and O–H groups in total. The number of hydrogen-bond donors (Lipinski definition) is 1. The minimum atomic E-state index is 0.292. The van der Waals surface area contributed by atoms with E-state index in [4.69, 9.17) is 5.11 Å². The fourth-order valence-electron chi connectivity index (χ4n) is 3.40. The molecule has 4 heteroatoms. The van der Waals surface area contributed by atoms with Crippen molar-refractivity contribution in [1.82, 2.24) is 9.97 Å². The standard InChI is InChI=1S/C15H23N3O/c19-8-6-12-5-7-18(11-12)15-16-9-14(10-17-15)13-3-1-2-4-13/h9-10,12-13,19H,1-8,11H2. The van der Waals surface area contributed by atoms with E-state index in [2.05, 4.69) is 14.9 Å². The summed E-state index contributed by atoms with van der Waals surface area (Å²) in [6, 6.07) is 0. The lowest BCUT2D eigenvalue weighted by atomic mass is 10.0. The maximum atomic E-state index is 8.99. The molecule has 1 saturated heterocycles. The maximum Gasteiger partial charge on any atom is 0.225 e. The zero-order chi connectivity index (χ0) is 13.1. The molecular formula is C15H23N3O. The van der Waals surface area contributed by atoms with E-state index in [-0.39, 0.29) is 0 Å². The van der Waals surface area contributed by atoms with Gasteiger partial charge in [-0.25, -0.2) is 9.97 Å². The predicted molar refractivity (Wildman–Crippen MR) is 75.3 cm³/mol. The van der Waals surface area contributed by atoms with Crippen molar-refractivity contribution < 1.29 is 5.11 Å². The Hall–Kier alpha value is -1.16. The molecule has 2 heterocycles. The van der Waals surface area contributed by atoms with E-state index in [1.54, 1.807) is 0 Å². The molecule has 1 aromatic rings. The molecule has 0 radical (unpaired) electrons. The molecule has 1 atom stereocenters. The summed E-state index contributed by atoms with van der Waals surface area (Å²) in [6.45, 7) is 2.30. The summed E-state index contributed by atoms with van der Waals surface area (Å²) in [6.07, 6.45) is 11.4. The molecule has 4 nitrogen and oxygen atoms in total. The second-order valence-electron chi connectivity index (χ2n) is 5.91. The molecule has 1 saturated carbocycles. The van der Waals surface area contributed by atoms with E-state index in [1.165, 1.54) is 31.2 Å². The Morgan fingerprint density at radius 1 is 1.16 bits per heavy atom. The lowest BCUT2D eigenvalue weighted by molar-refractivity contribution is 0.263. The Labute approximate surface area is 114 Å². The van der Waals surface area contributed by atoms with Crippen molar-refractivity contribution in [2.24, 2.45) is 5.92 Å². The van der Waals surface area contributed by atoms with Crippen LogP contribution in [-0.2, 0) is 0 Å². The zero-order valence-electron chi connectivity index (χ0n) is 11.5. The zero-order valence-corrected chi connectivity index (χ0v) is 11.5. The minimum absolute atomic E-state index is 0.292. The van der Waals surface area contributed by atoms with Gasteiger partial charge in [0.05, 0.1) is 0 Å². The molecule has 2 fully saturated rings. The highest BCUT2D eigenvalue weighted by atomic mass is 16.3. The third kappa shape index (κ3) is 2.89. The summed E-state index contributed by atoms with van der Waals surface area (Å²) >= 11 is 0. The van der Waals surface area contributed by atoms with Crippen molar-refractivity contribution in [3.63, 3.8) is 0 Å². The lowest BCUT2D eigenvalue weighted by Gasteiger charge is -2.17. The van der Waals surface area contributed by atoms with Gasteiger partial charge in [0.25, 0.3) is 0 Å². The van der Waals surface area contributed by atoms with Crippen LogP contribution in [0.3, 0.4) is 0 Å². The van der Waals surface area contributed by atoms with E-state index >= 15 is 0 Å². The summed E-state index contributed by atoms with van der Waals surface area (Å²) < 4.78 is 0. The van der Waals surface area contributed by atoms with E-state index in [0.717, 1.165) is 31.9 Å². The lowest BCUT2D eigenvalue weighted by Crippen LogP contribution is -2.22. The van der Waals surface area contributed by atoms with Crippen LogP contribution >= 0.6 is 0 Å². The van der Waals surface area contributed by atoms with Gasteiger partial charge >= 0.3 is 0 Å². The summed E-state index contributed by atoms with van der Waals surface area (Å²) in [4.78, 5) is 11.4. The number of anilines is 1. The summed E-state index contributed by atoms with van der Waals surface area (Å²) in [5, 5.41) is 8.99. The van der Waals surface area contributed by atoms with Crippen molar-refractivity contribution in [3.8, 4) is 0 Å². The van der Waals surface area contributed by atoms with E-state index < -0.39 is 0 Å². The number of nitrogens with zero attached hydrogens (tertiary/aromatic N) is 3. The van der Waals surface area contributed by atoms with Crippen LogP contribution in [0.25, 0.3) is 0 Å². The van der Waals surface area contributed by atoms with Gasteiger partial charge in [-0.3, -0.25) is 0 Å². The Morgan fingerprint density at radius 3 is 2.58 bits per heavy atom. The molecule has 1 unspecified atom stereocenters. The van der Waals surface area contributed by atoms with Gasteiger partial charge in [0.15, 0.2) is 0 Å². The van der Waals surface area contributed by atoms with Crippen LogP contribution in [0, 0.1) is 5.92 Å². The normalized spacial score (nSPS) is 24.3. The van der Waals surface area contributed by atoms with Crippen LogP contribution in [0.15, 0.2) is 12.4 Å². The van der Waals surface area contributed by atoms with Gasteiger partial charge in [-0.1, -0.05) is 12.8 Å².